The van der Waals surface area contributed by atoms with Crippen molar-refractivity contribution in [1.82, 2.24) is 4.98 Å². The standard InChI is InChI=1S/C11H16N2O5/c14-5-6-8(15)9(16)10(17)11(18-6)13-7-3-1-2-4-12-7/h1-4,6,8-11,14-17H,5H2,(H,12,13). The average Bonchev–Trinajstić information content (AvgIpc) is 2.40. The van der Waals surface area contributed by atoms with Gasteiger partial charge in [-0.1, -0.05) is 6.07 Å². The first-order valence-corrected chi connectivity index (χ1v) is 5.61. The molecule has 1 aromatic heterocycles. The lowest BCUT2D eigenvalue weighted by molar-refractivity contribution is -0.221. The highest BCUT2D eigenvalue weighted by molar-refractivity contribution is 5.34. The van der Waals surface area contributed by atoms with Crippen molar-refractivity contribution in [2.75, 3.05) is 11.9 Å². The number of aliphatic hydroxyl groups is 4. The summed E-state index contributed by atoms with van der Waals surface area (Å²) in [5.41, 5.74) is 0. The number of anilines is 1. The van der Waals surface area contributed by atoms with E-state index in [0.29, 0.717) is 5.82 Å². The summed E-state index contributed by atoms with van der Waals surface area (Å²) in [4.78, 5) is 3.99. The van der Waals surface area contributed by atoms with Crippen molar-refractivity contribution in [2.24, 2.45) is 0 Å². The van der Waals surface area contributed by atoms with Crippen molar-refractivity contribution >= 4 is 5.82 Å². The van der Waals surface area contributed by atoms with Crippen LogP contribution in [-0.2, 0) is 4.74 Å². The molecule has 7 heteroatoms. The molecule has 5 N–H and O–H groups in total. The minimum absolute atomic E-state index is 0.453. The summed E-state index contributed by atoms with van der Waals surface area (Å²) >= 11 is 0. The van der Waals surface area contributed by atoms with E-state index in [2.05, 4.69) is 10.3 Å². The molecule has 1 aromatic rings. The molecule has 2 rings (SSSR count). The lowest BCUT2D eigenvalue weighted by Crippen LogP contribution is -2.60. The maximum Gasteiger partial charge on any atom is 0.158 e. The number of hydrogen-bond acceptors (Lipinski definition) is 7. The molecule has 0 amide bonds. The summed E-state index contributed by atoms with van der Waals surface area (Å²) in [7, 11) is 0. The van der Waals surface area contributed by atoms with Gasteiger partial charge in [-0.25, -0.2) is 4.98 Å². The molecule has 0 aliphatic carbocycles. The van der Waals surface area contributed by atoms with E-state index in [9.17, 15) is 15.3 Å². The number of pyridine rings is 1. The minimum Gasteiger partial charge on any atom is -0.394 e. The van der Waals surface area contributed by atoms with E-state index in [1.807, 2.05) is 0 Å². The Morgan fingerprint density at radius 1 is 1.17 bits per heavy atom. The predicted octanol–water partition coefficient (Wildman–Crippen LogP) is -1.71. The smallest absolute Gasteiger partial charge is 0.158 e. The summed E-state index contributed by atoms with van der Waals surface area (Å²) in [6.45, 7) is -0.453. The van der Waals surface area contributed by atoms with Crippen LogP contribution in [0.1, 0.15) is 0 Å². The van der Waals surface area contributed by atoms with Crippen LogP contribution in [0.4, 0.5) is 5.82 Å². The monoisotopic (exact) mass is 256 g/mol. The van der Waals surface area contributed by atoms with Crippen LogP contribution in [0.2, 0.25) is 0 Å². The van der Waals surface area contributed by atoms with Crippen LogP contribution in [0.3, 0.4) is 0 Å². The van der Waals surface area contributed by atoms with Crippen LogP contribution < -0.4 is 5.32 Å². The van der Waals surface area contributed by atoms with Gasteiger partial charge in [0.2, 0.25) is 0 Å². The van der Waals surface area contributed by atoms with Crippen LogP contribution >= 0.6 is 0 Å². The number of nitrogens with one attached hydrogen (secondary N) is 1. The summed E-state index contributed by atoms with van der Waals surface area (Å²) in [5.74, 6) is 0.460. The van der Waals surface area contributed by atoms with E-state index < -0.39 is 37.3 Å². The van der Waals surface area contributed by atoms with Gasteiger partial charge in [-0.3, -0.25) is 0 Å². The summed E-state index contributed by atoms with van der Waals surface area (Å²) in [6.07, 6.45) is -4.37. The Hall–Kier alpha value is -1.25. The fraction of sp³-hybridized carbons (Fsp3) is 0.545. The maximum absolute atomic E-state index is 9.78. The Morgan fingerprint density at radius 3 is 2.56 bits per heavy atom. The molecule has 7 nitrogen and oxygen atoms in total. The number of aliphatic hydroxyl groups excluding tert-OH is 4. The molecule has 2 heterocycles. The van der Waals surface area contributed by atoms with E-state index in [-0.39, 0.29) is 0 Å². The van der Waals surface area contributed by atoms with Gasteiger partial charge in [0.25, 0.3) is 0 Å². The Labute approximate surface area is 104 Å². The van der Waals surface area contributed by atoms with Crippen LogP contribution in [0.15, 0.2) is 24.4 Å². The number of aromatic nitrogens is 1. The van der Waals surface area contributed by atoms with Gasteiger partial charge < -0.3 is 30.5 Å². The molecular weight excluding hydrogens is 240 g/mol. The van der Waals surface area contributed by atoms with Crippen LogP contribution in [0, 0.1) is 0 Å². The molecule has 1 aliphatic heterocycles. The third-order valence-electron chi connectivity index (χ3n) is 2.85. The highest BCUT2D eigenvalue weighted by Crippen LogP contribution is 2.21. The normalized spacial score (nSPS) is 36.3. The molecule has 0 bridgehead atoms. The lowest BCUT2D eigenvalue weighted by Gasteiger charge is -2.40. The van der Waals surface area contributed by atoms with Gasteiger partial charge >= 0.3 is 0 Å². The van der Waals surface area contributed by atoms with Crippen LogP contribution in [-0.4, -0.2) is 62.7 Å². The predicted molar refractivity (Wildman–Crippen MR) is 61.6 cm³/mol. The molecule has 100 valence electrons. The number of rotatable bonds is 3. The van der Waals surface area contributed by atoms with Crippen molar-refractivity contribution in [3.63, 3.8) is 0 Å². The summed E-state index contributed by atoms with van der Waals surface area (Å²) in [6, 6.07) is 5.15. The molecule has 0 aromatic carbocycles. The van der Waals surface area contributed by atoms with Crippen molar-refractivity contribution in [1.29, 1.82) is 0 Å². The fourth-order valence-corrected chi connectivity index (χ4v) is 1.81. The Kier molecular flexibility index (Phi) is 4.10. The second-order valence-corrected chi connectivity index (χ2v) is 4.11. The molecular formula is C11H16N2O5. The lowest BCUT2D eigenvalue weighted by atomic mass is 9.98. The summed E-state index contributed by atoms with van der Waals surface area (Å²) < 4.78 is 5.27. The maximum atomic E-state index is 9.78. The molecule has 1 aliphatic rings. The first-order valence-electron chi connectivity index (χ1n) is 5.61. The van der Waals surface area contributed by atoms with Gasteiger partial charge in [0.05, 0.1) is 6.61 Å². The fourth-order valence-electron chi connectivity index (χ4n) is 1.81. The van der Waals surface area contributed by atoms with Crippen molar-refractivity contribution < 1.29 is 25.2 Å². The average molecular weight is 256 g/mol. The van der Waals surface area contributed by atoms with Crippen molar-refractivity contribution in [3.8, 4) is 0 Å². The van der Waals surface area contributed by atoms with Gasteiger partial charge in [0.15, 0.2) is 6.23 Å². The molecule has 0 saturated carbocycles. The summed E-state index contributed by atoms with van der Waals surface area (Å²) in [5, 5.41) is 40.8. The molecule has 5 atom stereocenters. The number of ether oxygens (including phenoxy) is 1. The number of hydrogen-bond donors (Lipinski definition) is 5. The van der Waals surface area contributed by atoms with Gasteiger partial charge in [0, 0.05) is 6.20 Å². The highest BCUT2D eigenvalue weighted by Gasteiger charge is 2.43. The second-order valence-electron chi connectivity index (χ2n) is 4.11. The zero-order valence-corrected chi connectivity index (χ0v) is 9.55. The third kappa shape index (κ3) is 2.60. The second kappa shape index (κ2) is 5.59. The Balaban J connectivity index is 2.08. The minimum atomic E-state index is -1.39. The zero-order valence-electron chi connectivity index (χ0n) is 9.55. The molecule has 1 saturated heterocycles. The van der Waals surface area contributed by atoms with E-state index in [1.165, 1.54) is 0 Å². The van der Waals surface area contributed by atoms with Crippen LogP contribution in [0.5, 0.6) is 0 Å². The van der Waals surface area contributed by atoms with E-state index in [1.54, 1.807) is 24.4 Å². The first kappa shape index (κ1) is 13.2. The molecule has 18 heavy (non-hydrogen) atoms. The molecule has 1 fully saturated rings. The van der Waals surface area contributed by atoms with Crippen LogP contribution in [0.25, 0.3) is 0 Å². The van der Waals surface area contributed by atoms with E-state index in [4.69, 9.17) is 9.84 Å². The van der Waals surface area contributed by atoms with E-state index in [0.717, 1.165) is 0 Å². The molecule has 0 spiro atoms. The topological polar surface area (TPSA) is 115 Å². The number of nitrogens with zero attached hydrogens (tertiary/aromatic N) is 1. The SMILES string of the molecule is OCC1OC(Nc2ccccn2)C(O)C(O)C1O. The van der Waals surface area contributed by atoms with Gasteiger partial charge in [-0.2, -0.15) is 0 Å². The van der Waals surface area contributed by atoms with Crippen molar-refractivity contribution in [2.45, 2.75) is 30.6 Å². The third-order valence-corrected chi connectivity index (χ3v) is 2.85. The first-order chi connectivity index (χ1) is 8.63. The van der Waals surface area contributed by atoms with Gasteiger partial charge in [-0.15, -0.1) is 0 Å². The highest BCUT2D eigenvalue weighted by atomic mass is 16.6. The quantitative estimate of drug-likeness (QED) is 0.437. The molecule has 5 unspecified atom stereocenters. The zero-order chi connectivity index (χ0) is 13.1. The van der Waals surface area contributed by atoms with Crippen molar-refractivity contribution in [3.05, 3.63) is 24.4 Å². The Bertz CT molecular complexity index is 375. The molecule has 0 radical (unpaired) electrons. The van der Waals surface area contributed by atoms with Gasteiger partial charge in [-0.05, 0) is 12.1 Å². The van der Waals surface area contributed by atoms with E-state index >= 15 is 0 Å². The van der Waals surface area contributed by atoms with Gasteiger partial charge in [0.1, 0.15) is 30.2 Å². The largest absolute Gasteiger partial charge is 0.394 e. The Morgan fingerprint density at radius 2 is 1.94 bits per heavy atom.